The Bertz CT molecular complexity index is 617. The second-order valence-corrected chi connectivity index (χ2v) is 6.70. The number of halogens is 1. The lowest BCUT2D eigenvalue weighted by Gasteiger charge is -2.12. The Hall–Kier alpha value is -1.42. The van der Waals surface area contributed by atoms with Crippen LogP contribution in [0.4, 0.5) is 4.39 Å². The summed E-state index contributed by atoms with van der Waals surface area (Å²) < 4.78 is 37.6. The molecule has 0 amide bonds. The van der Waals surface area contributed by atoms with Crippen molar-refractivity contribution < 1.29 is 12.8 Å². The van der Waals surface area contributed by atoms with Gasteiger partial charge in [0.15, 0.2) is 0 Å². The van der Waals surface area contributed by atoms with Gasteiger partial charge >= 0.3 is 0 Å². The molecule has 0 unspecified atom stereocenters. The Morgan fingerprint density at radius 2 is 2.10 bits per heavy atom. The van der Waals surface area contributed by atoms with E-state index in [9.17, 15) is 12.8 Å². The highest BCUT2D eigenvalue weighted by atomic mass is 32.2. The van der Waals surface area contributed by atoms with Crippen LogP contribution in [0.1, 0.15) is 12.0 Å². The Morgan fingerprint density at radius 3 is 2.75 bits per heavy atom. The van der Waals surface area contributed by atoms with E-state index in [-0.39, 0.29) is 11.9 Å². The van der Waals surface area contributed by atoms with Crippen LogP contribution in [-0.4, -0.2) is 45.2 Å². The van der Waals surface area contributed by atoms with Crippen LogP contribution in [-0.2, 0) is 10.0 Å². The Kier molecular flexibility index (Phi) is 4.76. The molecule has 0 saturated carbocycles. The van der Waals surface area contributed by atoms with Gasteiger partial charge in [0.05, 0.1) is 12.8 Å². The minimum Gasteiger partial charge on any atom is -0.291 e. The van der Waals surface area contributed by atoms with Crippen LogP contribution in [0, 0.1) is 17.7 Å². The van der Waals surface area contributed by atoms with Gasteiger partial charge in [-0.15, -0.1) is 0 Å². The van der Waals surface area contributed by atoms with Crippen molar-refractivity contribution >= 4 is 10.0 Å². The van der Waals surface area contributed by atoms with E-state index in [0.717, 1.165) is 18.5 Å². The molecule has 1 N–H and O–H groups in total. The predicted octanol–water partition coefficient (Wildman–Crippen LogP) is 0.801. The molecule has 1 aromatic rings. The Morgan fingerprint density at radius 1 is 1.40 bits per heavy atom. The zero-order chi connectivity index (χ0) is 14.6. The normalized spacial score (nSPS) is 19.6. The molecule has 0 spiro atoms. The molecular formula is C14H17FN2O2S. The van der Waals surface area contributed by atoms with Crippen molar-refractivity contribution in [2.45, 2.75) is 12.5 Å². The second kappa shape index (κ2) is 6.35. The maximum absolute atomic E-state index is 12.7. The summed E-state index contributed by atoms with van der Waals surface area (Å²) >= 11 is 0. The first kappa shape index (κ1) is 15.0. The second-order valence-electron chi connectivity index (χ2n) is 4.92. The third-order valence-corrected chi connectivity index (χ3v) is 3.79. The largest absolute Gasteiger partial charge is 0.291 e. The molecule has 1 aromatic carbocycles. The summed E-state index contributed by atoms with van der Waals surface area (Å²) in [5.74, 6) is 5.71. The first-order valence-corrected chi connectivity index (χ1v) is 8.25. The summed E-state index contributed by atoms with van der Waals surface area (Å²) in [5, 5.41) is 0. The number of nitrogens with one attached hydrogen (secondary N) is 1. The van der Waals surface area contributed by atoms with Gasteiger partial charge in [-0.25, -0.2) is 17.5 Å². The van der Waals surface area contributed by atoms with Crippen molar-refractivity contribution in [1.29, 1.82) is 0 Å². The first-order valence-electron chi connectivity index (χ1n) is 6.36. The van der Waals surface area contributed by atoms with Crippen molar-refractivity contribution in [3.05, 3.63) is 35.6 Å². The fourth-order valence-corrected chi connectivity index (χ4v) is 2.96. The van der Waals surface area contributed by atoms with Gasteiger partial charge < -0.3 is 0 Å². The predicted molar refractivity (Wildman–Crippen MR) is 76.1 cm³/mol. The van der Waals surface area contributed by atoms with E-state index in [4.69, 9.17) is 0 Å². The van der Waals surface area contributed by atoms with Gasteiger partial charge in [0.1, 0.15) is 5.82 Å². The van der Waals surface area contributed by atoms with Crippen molar-refractivity contribution in [3.8, 4) is 11.8 Å². The van der Waals surface area contributed by atoms with Crippen LogP contribution < -0.4 is 4.72 Å². The molecule has 20 heavy (non-hydrogen) atoms. The monoisotopic (exact) mass is 296 g/mol. The van der Waals surface area contributed by atoms with Gasteiger partial charge in [-0.3, -0.25) is 4.90 Å². The first-order chi connectivity index (χ1) is 9.42. The minimum absolute atomic E-state index is 0.0300. The van der Waals surface area contributed by atoms with Gasteiger partial charge in [-0.2, -0.15) is 0 Å². The molecule has 0 aliphatic carbocycles. The van der Waals surface area contributed by atoms with Gasteiger partial charge in [0.25, 0.3) is 0 Å². The maximum atomic E-state index is 12.7. The van der Waals surface area contributed by atoms with E-state index in [2.05, 4.69) is 21.5 Å². The lowest BCUT2D eigenvalue weighted by Crippen LogP contribution is -2.36. The molecule has 2 rings (SSSR count). The highest BCUT2D eigenvalue weighted by molar-refractivity contribution is 7.88. The number of sulfonamides is 1. The molecule has 1 aliphatic rings. The van der Waals surface area contributed by atoms with Crippen molar-refractivity contribution in [2.75, 3.05) is 25.9 Å². The maximum Gasteiger partial charge on any atom is 0.208 e. The summed E-state index contributed by atoms with van der Waals surface area (Å²) in [6.45, 7) is 2.08. The molecule has 0 aromatic heterocycles. The fourth-order valence-electron chi connectivity index (χ4n) is 2.16. The molecule has 1 heterocycles. The smallest absolute Gasteiger partial charge is 0.208 e. The highest BCUT2D eigenvalue weighted by Crippen LogP contribution is 2.09. The van der Waals surface area contributed by atoms with Crippen molar-refractivity contribution in [1.82, 2.24) is 9.62 Å². The van der Waals surface area contributed by atoms with Gasteiger partial charge in [0.2, 0.25) is 10.0 Å². The van der Waals surface area contributed by atoms with Crippen LogP contribution in [0.5, 0.6) is 0 Å². The third-order valence-electron chi connectivity index (χ3n) is 3.03. The Balaban J connectivity index is 1.83. The van der Waals surface area contributed by atoms with E-state index in [1.165, 1.54) is 18.4 Å². The standard InChI is InChI=1S/C14H17FN2O2S/c1-20(18,19)16-14-8-10-17(11-14)9-2-3-12-4-6-13(15)7-5-12/h4-7,14,16H,8-11H2,1H3/t14-/m0/s1. The highest BCUT2D eigenvalue weighted by Gasteiger charge is 2.23. The van der Waals surface area contributed by atoms with Crippen LogP contribution in [0.25, 0.3) is 0 Å². The lowest BCUT2D eigenvalue weighted by molar-refractivity contribution is 0.374. The molecular weight excluding hydrogens is 279 g/mol. The SMILES string of the molecule is CS(=O)(=O)N[C@H]1CCN(CC#Cc2ccc(F)cc2)C1. The summed E-state index contributed by atoms with van der Waals surface area (Å²) in [5.41, 5.74) is 0.774. The number of hydrogen-bond donors (Lipinski definition) is 1. The van der Waals surface area contributed by atoms with E-state index in [1.54, 1.807) is 12.1 Å². The zero-order valence-electron chi connectivity index (χ0n) is 11.3. The quantitative estimate of drug-likeness (QED) is 0.840. The summed E-state index contributed by atoms with van der Waals surface area (Å²) in [4.78, 5) is 2.10. The molecule has 6 heteroatoms. The molecule has 1 atom stereocenters. The van der Waals surface area contributed by atoms with Crippen LogP contribution in [0.2, 0.25) is 0 Å². The minimum atomic E-state index is -3.15. The van der Waals surface area contributed by atoms with Crippen LogP contribution in [0.15, 0.2) is 24.3 Å². The molecule has 0 radical (unpaired) electrons. The van der Waals surface area contributed by atoms with Crippen molar-refractivity contribution in [3.63, 3.8) is 0 Å². The molecule has 1 aliphatic heterocycles. The summed E-state index contributed by atoms with van der Waals surface area (Å²) in [6.07, 6.45) is 1.97. The van der Waals surface area contributed by atoms with E-state index >= 15 is 0 Å². The number of likely N-dealkylation sites (tertiary alicyclic amines) is 1. The number of hydrogen-bond acceptors (Lipinski definition) is 3. The summed E-state index contributed by atoms with van der Waals surface area (Å²) in [7, 11) is -3.15. The zero-order valence-corrected chi connectivity index (χ0v) is 12.1. The average Bonchev–Trinajstić information content (AvgIpc) is 2.77. The molecule has 1 fully saturated rings. The van der Waals surface area contributed by atoms with Gasteiger partial charge in [-0.05, 0) is 30.7 Å². The number of rotatable bonds is 3. The average molecular weight is 296 g/mol. The third kappa shape index (κ3) is 4.93. The van der Waals surface area contributed by atoms with Gasteiger partial charge in [0, 0.05) is 24.7 Å². The molecule has 4 nitrogen and oxygen atoms in total. The van der Waals surface area contributed by atoms with Crippen molar-refractivity contribution in [2.24, 2.45) is 0 Å². The van der Waals surface area contributed by atoms with Gasteiger partial charge in [-0.1, -0.05) is 11.8 Å². The topological polar surface area (TPSA) is 49.4 Å². The number of benzene rings is 1. The molecule has 1 saturated heterocycles. The van der Waals surface area contributed by atoms with Crippen LogP contribution in [0.3, 0.4) is 0 Å². The fraction of sp³-hybridized carbons (Fsp3) is 0.429. The summed E-state index contributed by atoms with van der Waals surface area (Å²) in [6, 6.07) is 6.01. The molecule has 108 valence electrons. The number of nitrogens with zero attached hydrogens (tertiary/aromatic N) is 1. The van der Waals surface area contributed by atoms with E-state index in [1.807, 2.05) is 0 Å². The van der Waals surface area contributed by atoms with E-state index < -0.39 is 10.0 Å². The van der Waals surface area contributed by atoms with Crippen LogP contribution >= 0.6 is 0 Å². The molecule has 0 bridgehead atoms. The van der Waals surface area contributed by atoms with E-state index in [0.29, 0.717) is 13.1 Å². The Labute approximate surface area is 119 Å². The lowest BCUT2D eigenvalue weighted by atomic mass is 10.2.